The van der Waals surface area contributed by atoms with Gasteiger partial charge in [0.15, 0.2) is 0 Å². The molecule has 1 atom stereocenters. The number of hydrogen-bond donors (Lipinski definition) is 2. The van der Waals surface area contributed by atoms with Crippen molar-refractivity contribution in [1.29, 1.82) is 0 Å². The molecule has 3 rings (SSSR count). The Labute approximate surface area is 126 Å². The summed E-state index contributed by atoms with van der Waals surface area (Å²) in [5.74, 6) is -1.67. The van der Waals surface area contributed by atoms with Crippen LogP contribution in [0.1, 0.15) is 44.7 Å². The van der Waals surface area contributed by atoms with E-state index in [2.05, 4.69) is 5.32 Å². The molecule has 0 spiro atoms. The van der Waals surface area contributed by atoms with Crippen molar-refractivity contribution in [3.63, 3.8) is 0 Å². The van der Waals surface area contributed by atoms with Crippen molar-refractivity contribution in [3.05, 3.63) is 34.4 Å². The highest BCUT2D eigenvalue weighted by molar-refractivity contribution is 6.07. The summed E-state index contributed by atoms with van der Waals surface area (Å²) in [6.45, 7) is 1.96. The molecule has 1 unspecified atom stereocenters. The van der Waals surface area contributed by atoms with Crippen molar-refractivity contribution in [1.82, 2.24) is 10.2 Å². The lowest BCUT2D eigenvalue weighted by Gasteiger charge is -2.29. The molecule has 0 saturated carbocycles. The molecule has 7 heteroatoms. The Balaban J connectivity index is 1.95. The van der Waals surface area contributed by atoms with Crippen LogP contribution >= 0.6 is 0 Å². The maximum atomic E-state index is 12.6. The molecule has 114 valence electrons. The zero-order valence-electron chi connectivity index (χ0n) is 12.0. The standard InChI is InChI=1S/C15H15N3O4/c1-7-9(13(16)20)3-2-8-6-18(15(22)12(7)8)10-4-5-11(19)17-14(10)21/h2-3,10H,4-6H2,1H3,(H2,16,20)(H,17,19,21). The van der Waals surface area contributed by atoms with Crippen molar-refractivity contribution in [3.8, 4) is 0 Å². The molecule has 0 radical (unpaired) electrons. The number of hydrogen-bond acceptors (Lipinski definition) is 4. The van der Waals surface area contributed by atoms with Gasteiger partial charge in [-0.2, -0.15) is 0 Å². The molecule has 0 bridgehead atoms. The number of piperidine rings is 1. The first-order valence-corrected chi connectivity index (χ1v) is 6.97. The quantitative estimate of drug-likeness (QED) is 0.740. The zero-order valence-corrected chi connectivity index (χ0v) is 12.0. The summed E-state index contributed by atoms with van der Waals surface area (Å²) in [5, 5.41) is 2.25. The van der Waals surface area contributed by atoms with E-state index in [4.69, 9.17) is 5.73 Å². The molecule has 2 aliphatic heterocycles. The van der Waals surface area contributed by atoms with Gasteiger partial charge in [0.1, 0.15) is 6.04 Å². The lowest BCUT2D eigenvalue weighted by molar-refractivity contribution is -0.136. The van der Waals surface area contributed by atoms with Crippen LogP contribution in [0.2, 0.25) is 0 Å². The molecule has 1 aromatic carbocycles. The van der Waals surface area contributed by atoms with Gasteiger partial charge < -0.3 is 10.6 Å². The van der Waals surface area contributed by atoms with Gasteiger partial charge in [-0.15, -0.1) is 0 Å². The minimum Gasteiger partial charge on any atom is -0.366 e. The molecule has 0 aliphatic carbocycles. The van der Waals surface area contributed by atoms with Crippen LogP contribution in [-0.4, -0.2) is 34.6 Å². The average Bonchev–Trinajstić information content (AvgIpc) is 2.77. The molecule has 7 nitrogen and oxygen atoms in total. The lowest BCUT2D eigenvalue weighted by atomic mass is 9.98. The predicted molar refractivity (Wildman–Crippen MR) is 75.7 cm³/mol. The average molecular weight is 301 g/mol. The Bertz CT molecular complexity index is 726. The lowest BCUT2D eigenvalue weighted by Crippen LogP contribution is -2.52. The maximum Gasteiger partial charge on any atom is 0.255 e. The first kappa shape index (κ1) is 14.2. The van der Waals surface area contributed by atoms with E-state index in [1.54, 1.807) is 19.1 Å². The smallest absolute Gasteiger partial charge is 0.255 e. The Hall–Kier alpha value is -2.70. The fourth-order valence-corrected chi connectivity index (χ4v) is 3.09. The number of benzene rings is 1. The van der Waals surface area contributed by atoms with E-state index in [-0.39, 0.29) is 18.2 Å². The number of carbonyl (C=O) groups excluding carboxylic acids is 4. The van der Waals surface area contributed by atoms with Crippen LogP contribution < -0.4 is 11.1 Å². The van der Waals surface area contributed by atoms with Gasteiger partial charge in [-0.05, 0) is 30.5 Å². The SMILES string of the molecule is Cc1c(C(N)=O)ccc2c1C(=O)N(C1CCC(=O)NC1=O)C2. The number of imide groups is 1. The second-order valence-corrected chi connectivity index (χ2v) is 5.54. The summed E-state index contributed by atoms with van der Waals surface area (Å²) in [7, 11) is 0. The fourth-order valence-electron chi connectivity index (χ4n) is 3.09. The van der Waals surface area contributed by atoms with Gasteiger partial charge in [0.05, 0.1) is 0 Å². The van der Waals surface area contributed by atoms with Gasteiger partial charge >= 0.3 is 0 Å². The first-order chi connectivity index (χ1) is 10.4. The fraction of sp³-hybridized carbons (Fsp3) is 0.333. The topological polar surface area (TPSA) is 110 Å². The molecular formula is C15H15N3O4. The number of nitrogens with two attached hydrogens (primary N) is 1. The monoisotopic (exact) mass is 301 g/mol. The number of nitrogens with zero attached hydrogens (tertiary/aromatic N) is 1. The minimum absolute atomic E-state index is 0.210. The molecule has 0 aromatic heterocycles. The Kier molecular flexibility index (Phi) is 3.20. The highest BCUT2D eigenvalue weighted by atomic mass is 16.2. The summed E-state index contributed by atoms with van der Waals surface area (Å²) in [6.07, 6.45) is 0.522. The molecule has 1 fully saturated rings. The van der Waals surface area contributed by atoms with Crippen LogP contribution in [0, 0.1) is 6.92 Å². The van der Waals surface area contributed by atoms with E-state index >= 15 is 0 Å². The molecule has 1 saturated heterocycles. The van der Waals surface area contributed by atoms with Crippen molar-refractivity contribution in [2.24, 2.45) is 5.73 Å². The predicted octanol–water partition coefficient (Wildman–Crippen LogP) is -0.145. The third-order valence-electron chi connectivity index (χ3n) is 4.22. The van der Waals surface area contributed by atoms with Gasteiger partial charge in [-0.25, -0.2) is 0 Å². The number of rotatable bonds is 2. The Morgan fingerprint density at radius 3 is 2.68 bits per heavy atom. The molecule has 4 amide bonds. The van der Waals surface area contributed by atoms with E-state index in [9.17, 15) is 19.2 Å². The van der Waals surface area contributed by atoms with Gasteiger partial charge in [-0.1, -0.05) is 6.07 Å². The highest BCUT2D eigenvalue weighted by Gasteiger charge is 2.40. The summed E-state index contributed by atoms with van der Waals surface area (Å²) < 4.78 is 0. The Morgan fingerprint density at radius 2 is 2.05 bits per heavy atom. The van der Waals surface area contributed by atoms with Crippen LogP contribution in [0.15, 0.2) is 12.1 Å². The number of carbonyl (C=O) groups is 4. The van der Waals surface area contributed by atoms with E-state index in [1.807, 2.05) is 0 Å². The van der Waals surface area contributed by atoms with E-state index in [1.165, 1.54) is 4.90 Å². The van der Waals surface area contributed by atoms with Crippen molar-refractivity contribution >= 4 is 23.6 Å². The number of amides is 4. The maximum absolute atomic E-state index is 12.6. The highest BCUT2D eigenvalue weighted by Crippen LogP contribution is 2.30. The third kappa shape index (κ3) is 2.05. The second-order valence-electron chi connectivity index (χ2n) is 5.54. The second kappa shape index (κ2) is 4.94. The Morgan fingerprint density at radius 1 is 1.32 bits per heavy atom. The molecule has 1 aromatic rings. The normalized spacial score (nSPS) is 20.9. The van der Waals surface area contributed by atoms with Gasteiger partial charge in [0.25, 0.3) is 5.91 Å². The van der Waals surface area contributed by atoms with Gasteiger partial charge in [0, 0.05) is 24.1 Å². The van der Waals surface area contributed by atoms with Crippen LogP contribution in [0.25, 0.3) is 0 Å². The summed E-state index contributed by atoms with van der Waals surface area (Å²) in [6, 6.07) is 2.62. The van der Waals surface area contributed by atoms with Crippen molar-refractivity contribution < 1.29 is 19.2 Å². The first-order valence-electron chi connectivity index (χ1n) is 6.97. The van der Waals surface area contributed by atoms with Crippen LogP contribution in [0.3, 0.4) is 0 Å². The number of nitrogens with one attached hydrogen (secondary N) is 1. The van der Waals surface area contributed by atoms with Crippen molar-refractivity contribution in [2.45, 2.75) is 32.4 Å². The summed E-state index contributed by atoms with van der Waals surface area (Å²) in [5.41, 5.74) is 7.33. The summed E-state index contributed by atoms with van der Waals surface area (Å²) in [4.78, 5) is 48.6. The minimum atomic E-state index is -0.658. The van der Waals surface area contributed by atoms with E-state index in [0.29, 0.717) is 29.7 Å². The van der Waals surface area contributed by atoms with Crippen molar-refractivity contribution in [2.75, 3.05) is 0 Å². The number of primary amides is 1. The van der Waals surface area contributed by atoms with E-state index < -0.39 is 17.9 Å². The van der Waals surface area contributed by atoms with Gasteiger partial charge in [-0.3, -0.25) is 24.5 Å². The van der Waals surface area contributed by atoms with Crippen LogP contribution in [0.5, 0.6) is 0 Å². The van der Waals surface area contributed by atoms with Crippen LogP contribution in [-0.2, 0) is 16.1 Å². The molecule has 22 heavy (non-hydrogen) atoms. The zero-order chi connectivity index (χ0) is 16.0. The van der Waals surface area contributed by atoms with Crippen LogP contribution in [0.4, 0.5) is 0 Å². The molecule has 3 N–H and O–H groups in total. The molecule has 2 aliphatic rings. The summed E-state index contributed by atoms with van der Waals surface area (Å²) >= 11 is 0. The largest absolute Gasteiger partial charge is 0.366 e. The third-order valence-corrected chi connectivity index (χ3v) is 4.22. The number of fused-ring (bicyclic) bond motifs is 1. The van der Waals surface area contributed by atoms with E-state index in [0.717, 1.165) is 5.56 Å². The molecule has 2 heterocycles. The van der Waals surface area contributed by atoms with Gasteiger partial charge in [0.2, 0.25) is 17.7 Å². The molecular weight excluding hydrogens is 286 g/mol.